The molecule has 1 saturated heterocycles. The van der Waals surface area contributed by atoms with Gasteiger partial charge in [0.25, 0.3) is 0 Å². The molecule has 0 amide bonds. The molecule has 1 N–H and O–H groups in total. The van der Waals surface area contributed by atoms with E-state index in [0.717, 1.165) is 49.4 Å². The molecule has 5 nitrogen and oxygen atoms in total. The van der Waals surface area contributed by atoms with Crippen LogP contribution in [0, 0.1) is 20.8 Å². The van der Waals surface area contributed by atoms with Crippen LogP contribution in [-0.4, -0.2) is 48.6 Å². The molecule has 1 fully saturated rings. The molecule has 0 unspecified atom stereocenters. The van der Waals surface area contributed by atoms with Gasteiger partial charge in [0.2, 0.25) is 0 Å². The molecule has 6 heteroatoms. The number of nitrogens with one attached hydrogen (secondary N) is 1. The van der Waals surface area contributed by atoms with E-state index in [1.807, 2.05) is 0 Å². The van der Waals surface area contributed by atoms with E-state index in [1.54, 1.807) is 11.3 Å². The number of aromatic nitrogens is 1. The van der Waals surface area contributed by atoms with E-state index in [9.17, 15) is 0 Å². The number of rotatable bonds is 4. The van der Waals surface area contributed by atoms with Crippen LogP contribution in [0.25, 0.3) is 0 Å². The van der Waals surface area contributed by atoms with Crippen LogP contribution in [0.15, 0.2) is 29.3 Å². The molecule has 3 rings (SSSR count). The number of hydrogen-bond acceptors (Lipinski definition) is 4. The van der Waals surface area contributed by atoms with E-state index in [2.05, 4.69) is 72.1 Å². The Morgan fingerprint density at radius 3 is 2.58 bits per heavy atom. The molecule has 1 aromatic heterocycles. The summed E-state index contributed by atoms with van der Waals surface area (Å²) in [5, 5.41) is 4.57. The summed E-state index contributed by atoms with van der Waals surface area (Å²) in [5.74, 6) is 1.02. The predicted molar refractivity (Wildman–Crippen MR) is 111 cm³/mol. The van der Waals surface area contributed by atoms with Crippen LogP contribution in [-0.2, 0) is 6.54 Å². The minimum atomic E-state index is 0.706. The molecule has 2 heterocycles. The minimum Gasteiger partial charge on any atom is -0.368 e. The Balaban J connectivity index is 1.64. The van der Waals surface area contributed by atoms with Crippen LogP contribution in [0.3, 0.4) is 0 Å². The molecule has 140 valence electrons. The fraction of sp³-hybridized carbons (Fsp3) is 0.500. The van der Waals surface area contributed by atoms with E-state index < -0.39 is 0 Å². The lowest BCUT2D eigenvalue weighted by Gasteiger charge is -2.37. The Morgan fingerprint density at radius 2 is 1.96 bits per heavy atom. The zero-order chi connectivity index (χ0) is 18.5. The van der Waals surface area contributed by atoms with Crippen LogP contribution in [0.1, 0.15) is 28.1 Å². The van der Waals surface area contributed by atoms with Crippen molar-refractivity contribution >= 4 is 23.0 Å². The highest BCUT2D eigenvalue weighted by molar-refractivity contribution is 7.11. The van der Waals surface area contributed by atoms with E-state index in [4.69, 9.17) is 4.99 Å². The first-order valence-corrected chi connectivity index (χ1v) is 10.2. The Bertz CT molecular complexity index is 759. The average Bonchev–Trinajstić information content (AvgIpc) is 2.96. The van der Waals surface area contributed by atoms with Crippen molar-refractivity contribution in [2.24, 2.45) is 4.99 Å². The quantitative estimate of drug-likeness (QED) is 0.661. The Morgan fingerprint density at radius 1 is 1.19 bits per heavy atom. The van der Waals surface area contributed by atoms with Gasteiger partial charge in [-0.3, -0.25) is 0 Å². The maximum absolute atomic E-state index is 4.88. The van der Waals surface area contributed by atoms with E-state index in [0.29, 0.717) is 6.54 Å². The van der Waals surface area contributed by atoms with Crippen LogP contribution in [0.4, 0.5) is 5.69 Å². The third-order valence-corrected chi connectivity index (χ3v) is 5.71. The lowest BCUT2D eigenvalue weighted by atomic mass is 10.2. The zero-order valence-corrected chi connectivity index (χ0v) is 17.1. The highest BCUT2D eigenvalue weighted by Crippen LogP contribution is 2.19. The van der Waals surface area contributed by atoms with Crippen molar-refractivity contribution in [3.63, 3.8) is 0 Å². The van der Waals surface area contributed by atoms with Gasteiger partial charge in [0.1, 0.15) is 0 Å². The SMILES string of the molecule is CCNC(=NCc1sc(C)nc1C)N1CCN(c2cccc(C)c2)CC1. The lowest BCUT2D eigenvalue weighted by molar-refractivity contribution is 0.372. The van der Waals surface area contributed by atoms with Gasteiger partial charge in [-0.05, 0) is 45.4 Å². The summed E-state index contributed by atoms with van der Waals surface area (Å²) in [7, 11) is 0. The van der Waals surface area contributed by atoms with Gasteiger partial charge in [-0.2, -0.15) is 0 Å². The molecule has 1 aliphatic rings. The molecule has 0 saturated carbocycles. The highest BCUT2D eigenvalue weighted by atomic mass is 32.1. The molecule has 0 atom stereocenters. The molecular weight excluding hydrogens is 342 g/mol. The molecule has 0 bridgehead atoms. The van der Waals surface area contributed by atoms with Gasteiger partial charge in [-0.15, -0.1) is 11.3 Å². The maximum atomic E-state index is 4.88. The van der Waals surface area contributed by atoms with Gasteiger partial charge in [0.05, 0.1) is 17.2 Å². The van der Waals surface area contributed by atoms with Gasteiger partial charge < -0.3 is 15.1 Å². The molecule has 1 aromatic carbocycles. The van der Waals surface area contributed by atoms with Crippen molar-refractivity contribution in [1.29, 1.82) is 0 Å². The second kappa shape index (κ2) is 8.54. The van der Waals surface area contributed by atoms with E-state index in [1.165, 1.54) is 16.1 Å². The van der Waals surface area contributed by atoms with Crippen molar-refractivity contribution in [1.82, 2.24) is 15.2 Å². The average molecular weight is 372 g/mol. The maximum Gasteiger partial charge on any atom is 0.194 e. The Labute approximate surface area is 160 Å². The molecule has 1 aliphatic heterocycles. The first kappa shape index (κ1) is 18.7. The number of piperazine rings is 1. The van der Waals surface area contributed by atoms with Gasteiger partial charge in [0, 0.05) is 43.3 Å². The zero-order valence-electron chi connectivity index (χ0n) is 16.2. The first-order chi connectivity index (χ1) is 12.6. The van der Waals surface area contributed by atoms with Crippen molar-refractivity contribution < 1.29 is 0 Å². The Hall–Kier alpha value is -2.08. The highest BCUT2D eigenvalue weighted by Gasteiger charge is 2.20. The van der Waals surface area contributed by atoms with Crippen molar-refractivity contribution in [3.8, 4) is 0 Å². The largest absolute Gasteiger partial charge is 0.368 e. The summed E-state index contributed by atoms with van der Waals surface area (Å²) in [6, 6.07) is 8.77. The number of aliphatic imine (C=N–C) groups is 1. The summed E-state index contributed by atoms with van der Waals surface area (Å²) in [4.78, 5) is 15.5. The summed E-state index contributed by atoms with van der Waals surface area (Å²) in [6.45, 7) is 14.0. The van der Waals surface area contributed by atoms with Crippen LogP contribution in [0.2, 0.25) is 0 Å². The smallest absolute Gasteiger partial charge is 0.194 e. The molecule has 26 heavy (non-hydrogen) atoms. The monoisotopic (exact) mass is 371 g/mol. The Kier molecular flexibility index (Phi) is 6.14. The number of thiazole rings is 1. The van der Waals surface area contributed by atoms with Gasteiger partial charge in [0.15, 0.2) is 5.96 Å². The fourth-order valence-electron chi connectivity index (χ4n) is 3.29. The third-order valence-electron chi connectivity index (χ3n) is 4.65. The predicted octanol–water partition coefficient (Wildman–Crippen LogP) is 3.36. The second-order valence-corrected chi connectivity index (χ2v) is 8.01. The number of guanidine groups is 1. The number of benzene rings is 1. The lowest BCUT2D eigenvalue weighted by Crippen LogP contribution is -2.52. The number of aryl methyl sites for hydroxylation is 3. The van der Waals surface area contributed by atoms with Gasteiger partial charge >= 0.3 is 0 Å². The van der Waals surface area contributed by atoms with Crippen LogP contribution in [0.5, 0.6) is 0 Å². The summed E-state index contributed by atoms with van der Waals surface area (Å²) >= 11 is 1.75. The standard InChI is InChI=1S/C20H29N5S/c1-5-21-20(22-14-19-16(3)23-17(4)26-19)25-11-9-24(10-12-25)18-8-6-7-15(2)13-18/h6-8,13H,5,9-12,14H2,1-4H3,(H,21,22). The third kappa shape index (κ3) is 4.55. The minimum absolute atomic E-state index is 0.706. The van der Waals surface area contributed by atoms with E-state index >= 15 is 0 Å². The van der Waals surface area contributed by atoms with Crippen LogP contribution < -0.4 is 10.2 Å². The van der Waals surface area contributed by atoms with Gasteiger partial charge in [-0.1, -0.05) is 12.1 Å². The molecule has 0 aliphatic carbocycles. The molecule has 0 radical (unpaired) electrons. The first-order valence-electron chi connectivity index (χ1n) is 9.34. The normalized spacial score (nSPS) is 15.5. The van der Waals surface area contributed by atoms with Crippen molar-refractivity contribution in [2.75, 3.05) is 37.6 Å². The summed E-state index contributed by atoms with van der Waals surface area (Å²) in [5.41, 5.74) is 3.74. The fourth-order valence-corrected chi connectivity index (χ4v) is 4.16. The van der Waals surface area contributed by atoms with Crippen molar-refractivity contribution in [2.45, 2.75) is 34.2 Å². The van der Waals surface area contributed by atoms with Crippen LogP contribution >= 0.6 is 11.3 Å². The number of hydrogen-bond donors (Lipinski definition) is 1. The second-order valence-electron chi connectivity index (χ2n) is 6.72. The molecule has 2 aromatic rings. The topological polar surface area (TPSA) is 43.8 Å². The number of anilines is 1. The number of nitrogens with zero attached hydrogens (tertiary/aromatic N) is 4. The van der Waals surface area contributed by atoms with Gasteiger partial charge in [-0.25, -0.2) is 9.98 Å². The van der Waals surface area contributed by atoms with E-state index in [-0.39, 0.29) is 0 Å². The molecular formula is C20H29N5S. The summed E-state index contributed by atoms with van der Waals surface area (Å²) in [6.07, 6.45) is 0. The molecule has 0 spiro atoms. The van der Waals surface area contributed by atoms with Crippen molar-refractivity contribution in [3.05, 3.63) is 45.4 Å². The summed E-state index contributed by atoms with van der Waals surface area (Å²) < 4.78 is 0.